The number of amides is 1. The molecule has 1 saturated heterocycles. The SMILES string of the molecule is NCC(Cc1cc2ccccc2o1)C(=O)N1CCOCC1. The van der Waals surface area contributed by atoms with Crippen LogP contribution in [0.2, 0.25) is 0 Å². The monoisotopic (exact) mass is 288 g/mol. The zero-order chi connectivity index (χ0) is 14.7. The van der Waals surface area contributed by atoms with Gasteiger partial charge in [-0.05, 0) is 12.1 Å². The summed E-state index contributed by atoms with van der Waals surface area (Å²) in [5.74, 6) is 0.679. The van der Waals surface area contributed by atoms with Gasteiger partial charge in [0.15, 0.2) is 0 Å². The van der Waals surface area contributed by atoms with Gasteiger partial charge in [-0.25, -0.2) is 0 Å². The van der Waals surface area contributed by atoms with Gasteiger partial charge in [-0.2, -0.15) is 0 Å². The van der Waals surface area contributed by atoms with Crippen LogP contribution in [0.4, 0.5) is 0 Å². The van der Waals surface area contributed by atoms with Crippen molar-refractivity contribution in [2.24, 2.45) is 11.7 Å². The van der Waals surface area contributed by atoms with E-state index < -0.39 is 0 Å². The van der Waals surface area contributed by atoms with E-state index in [-0.39, 0.29) is 11.8 Å². The third-order valence-electron chi connectivity index (χ3n) is 3.88. The highest BCUT2D eigenvalue weighted by molar-refractivity contribution is 5.80. The van der Waals surface area contributed by atoms with Gasteiger partial charge in [-0.3, -0.25) is 4.79 Å². The lowest BCUT2D eigenvalue weighted by Crippen LogP contribution is -2.45. The van der Waals surface area contributed by atoms with Crippen LogP contribution in [0, 0.1) is 5.92 Å². The number of rotatable bonds is 4. The zero-order valence-corrected chi connectivity index (χ0v) is 12.0. The van der Waals surface area contributed by atoms with Crippen LogP contribution in [0.1, 0.15) is 5.76 Å². The summed E-state index contributed by atoms with van der Waals surface area (Å²) in [7, 11) is 0. The predicted molar refractivity (Wildman–Crippen MR) is 79.9 cm³/mol. The van der Waals surface area contributed by atoms with Gasteiger partial charge < -0.3 is 19.8 Å². The fourth-order valence-electron chi connectivity index (χ4n) is 2.69. The molecular weight excluding hydrogens is 268 g/mol. The van der Waals surface area contributed by atoms with E-state index in [0.717, 1.165) is 16.7 Å². The van der Waals surface area contributed by atoms with Gasteiger partial charge >= 0.3 is 0 Å². The molecular formula is C16H20N2O3. The van der Waals surface area contributed by atoms with Crippen LogP contribution in [0.25, 0.3) is 11.0 Å². The molecule has 1 aliphatic rings. The number of furan rings is 1. The van der Waals surface area contributed by atoms with Gasteiger partial charge in [-0.1, -0.05) is 18.2 Å². The van der Waals surface area contributed by atoms with Gasteiger partial charge in [0.05, 0.1) is 19.1 Å². The molecule has 2 heterocycles. The molecule has 1 aromatic heterocycles. The Bertz CT molecular complexity index is 584. The maximum absolute atomic E-state index is 12.5. The van der Waals surface area contributed by atoms with Crippen molar-refractivity contribution in [3.63, 3.8) is 0 Å². The number of nitrogens with two attached hydrogens (primary N) is 1. The molecule has 5 heteroatoms. The summed E-state index contributed by atoms with van der Waals surface area (Å²) in [4.78, 5) is 14.3. The summed E-state index contributed by atoms with van der Waals surface area (Å²) in [6, 6.07) is 9.84. The lowest BCUT2D eigenvalue weighted by Gasteiger charge is -2.29. The molecule has 0 spiro atoms. The first-order valence-corrected chi connectivity index (χ1v) is 7.32. The third-order valence-corrected chi connectivity index (χ3v) is 3.88. The minimum atomic E-state index is -0.233. The molecule has 1 atom stereocenters. The Balaban J connectivity index is 1.72. The molecule has 2 aromatic rings. The molecule has 3 rings (SSSR count). The summed E-state index contributed by atoms with van der Waals surface area (Å²) in [6.07, 6.45) is 0.543. The Morgan fingerprint density at radius 1 is 1.29 bits per heavy atom. The number of para-hydroxylation sites is 1. The quantitative estimate of drug-likeness (QED) is 0.923. The smallest absolute Gasteiger partial charge is 0.227 e. The summed E-state index contributed by atoms with van der Waals surface area (Å²) in [5.41, 5.74) is 6.65. The maximum Gasteiger partial charge on any atom is 0.227 e. The number of morpholine rings is 1. The van der Waals surface area contributed by atoms with Gasteiger partial charge in [0.25, 0.3) is 0 Å². The first-order chi connectivity index (χ1) is 10.3. The second kappa shape index (κ2) is 6.28. The Labute approximate surface area is 123 Å². The number of hydrogen-bond acceptors (Lipinski definition) is 4. The zero-order valence-electron chi connectivity index (χ0n) is 12.0. The molecule has 0 saturated carbocycles. The van der Waals surface area contributed by atoms with E-state index in [1.165, 1.54) is 0 Å². The Morgan fingerprint density at radius 2 is 2.05 bits per heavy atom. The van der Waals surface area contributed by atoms with E-state index >= 15 is 0 Å². The number of fused-ring (bicyclic) bond motifs is 1. The minimum Gasteiger partial charge on any atom is -0.461 e. The fraction of sp³-hybridized carbons (Fsp3) is 0.438. The van der Waals surface area contributed by atoms with Crippen LogP contribution >= 0.6 is 0 Å². The molecule has 1 aliphatic heterocycles. The molecule has 1 fully saturated rings. The molecule has 1 aromatic carbocycles. The standard InChI is InChI=1S/C16H20N2O3/c17-11-13(16(19)18-5-7-20-8-6-18)10-14-9-12-3-1-2-4-15(12)21-14/h1-4,9,13H,5-8,10-11,17H2. The molecule has 0 bridgehead atoms. The van der Waals surface area contributed by atoms with Crippen LogP contribution < -0.4 is 5.73 Å². The van der Waals surface area contributed by atoms with Crippen molar-refractivity contribution in [1.29, 1.82) is 0 Å². The van der Waals surface area contributed by atoms with E-state index in [9.17, 15) is 4.79 Å². The minimum absolute atomic E-state index is 0.0984. The lowest BCUT2D eigenvalue weighted by molar-refractivity contribution is -0.139. The third kappa shape index (κ3) is 3.09. The van der Waals surface area contributed by atoms with Crippen LogP contribution in [0.5, 0.6) is 0 Å². The Hall–Kier alpha value is -1.85. The average Bonchev–Trinajstić information content (AvgIpc) is 2.95. The number of benzene rings is 1. The average molecular weight is 288 g/mol. The molecule has 5 nitrogen and oxygen atoms in total. The van der Waals surface area contributed by atoms with Gasteiger partial charge in [-0.15, -0.1) is 0 Å². The van der Waals surface area contributed by atoms with Crippen LogP contribution in [0.3, 0.4) is 0 Å². The molecule has 112 valence electrons. The summed E-state index contributed by atoms with van der Waals surface area (Å²) < 4.78 is 11.1. The van der Waals surface area contributed by atoms with Crippen molar-refractivity contribution in [3.8, 4) is 0 Å². The van der Waals surface area contributed by atoms with Gasteiger partial charge in [0.2, 0.25) is 5.91 Å². The van der Waals surface area contributed by atoms with Crippen molar-refractivity contribution >= 4 is 16.9 Å². The van der Waals surface area contributed by atoms with Crippen molar-refractivity contribution in [1.82, 2.24) is 4.90 Å². The van der Waals surface area contributed by atoms with E-state index in [0.29, 0.717) is 39.3 Å². The number of hydrogen-bond donors (Lipinski definition) is 1. The molecule has 0 aliphatic carbocycles. The van der Waals surface area contributed by atoms with Gasteiger partial charge in [0.1, 0.15) is 11.3 Å². The van der Waals surface area contributed by atoms with E-state index in [1.807, 2.05) is 35.2 Å². The second-order valence-corrected chi connectivity index (χ2v) is 5.32. The first-order valence-electron chi connectivity index (χ1n) is 7.32. The Morgan fingerprint density at radius 3 is 2.76 bits per heavy atom. The number of carbonyl (C=O) groups excluding carboxylic acids is 1. The number of ether oxygens (including phenoxy) is 1. The first kappa shape index (κ1) is 14.1. The molecule has 1 unspecified atom stereocenters. The van der Waals surface area contributed by atoms with Crippen molar-refractivity contribution in [3.05, 3.63) is 36.1 Å². The van der Waals surface area contributed by atoms with Crippen LogP contribution in [0.15, 0.2) is 34.7 Å². The summed E-state index contributed by atoms with van der Waals surface area (Å²) in [5, 5.41) is 1.06. The number of carbonyl (C=O) groups is 1. The van der Waals surface area contributed by atoms with E-state index in [2.05, 4.69) is 0 Å². The summed E-state index contributed by atoms with van der Waals surface area (Å²) >= 11 is 0. The highest BCUT2D eigenvalue weighted by Gasteiger charge is 2.26. The van der Waals surface area contributed by atoms with Gasteiger partial charge in [0, 0.05) is 31.4 Å². The topological polar surface area (TPSA) is 68.7 Å². The fourth-order valence-corrected chi connectivity index (χ4v) is 2.69. The highest BCUT2D eigenvalue weighted by Crippen LogP contribution is 2.21. The Kier molecular flexibility index (Phi) is 4.22. The van der Waals surface area contributed by atoms with E-state index in [4.69, 9.17) is 14.9 Å². The van der Waals surface area contributed by atoms with Crippen molar-refractivity contribution in [2.75, 3.05) is 32.8 Å². The number of nitrogens with zero attached hydrogens (tertiary/aromatic N) is 1. The van der Waals surface area contributed by atoms with Crippen molar-refractivity contribution in [2.45, 2.75) is 6.42 Å². The second-order valence-electron chi connectivity index (χ2n) is 5.32. The van der Waals surface area contributed by atoms with Crippen LogP contribution in [-0.2, 0) is 16.0 Å². The normalized spacial score (nSPS) is 17.1. The maximum atomic E-state index is 12.5. The van der Waals surface area contributed by atoms with E-state index in [1.54, 1.807) is 0 Å². The summed E-state index contributed by atoms with van der Waals surface area (Å²) in [6.45, 7) is 2.83. The van der Waals surface area contributed by atoms with Crippen LogP contribution in [-0.4, -0.2) is 43.7 Å². The van der Waals surface area contributed by atoms with Crippen molar-refractivity contribution < 1.29 is 13.9 Å². The molecule has 0 radical (unpaired) electrons. The lowest BCUT2D eigenvalue weighted by atomic mass is 10.0. The highest BCUT2D eigenvalue weighted by atomic mass is 16.5. The largest absolute Gasteiger partial charge is 0.461 e. The molecule has 1 amide bonds. The molecule has 2 N–H and O–H groups in total. The molecule has 21 heavy (non-hydrogen) atoms. The predicted octanol–water partition coefficient (Wildman–Crippen LogP) is 1.41.